The lowest BCUT2D eigenvalue weighted by molar-refractivity contribution is -0.117. The van der Waals surface area contributed by atoms with Gasteiger partial charge in [0.15, 0.2) is 0 Å². The number of urea groups is 1. The van der Waals surface area contributed by atoms with Crippen LogP contribution >= 0.6 is 0 Å². The average Bonchev–Trinajstić information content (AvgIpc) is 3.25. The van der Waals surface area contributed by atoms with Gasteiger partial charge in [0.1, 0.15) is 5.82 Å². The van der Waals surface area contributed by atoms with Crippen LogP contribution in [0.4, 0.5) is 16.3 Å². The van der Waals surface area contributed by atoms with Crippen LogP contribution in [0.25, 0.3) is 0 Å². The molecule has 2 heterocycles. The Morgan fingerprint density at radius 3 is 2.30 bits per heavy atom. The van der Waals surface area contributed by atoms with Gasteiger partial charge in [-0.2, -0.15) is 5.10 Å². The van der Waals surface area contributed by atoms with Gasteiger partial charge >= 0.3 is 6.03 Å². The number of carbonyl (C=O) groups excluding carboxylic acids is 2. The number of hydrogen-bond acceptors (Lipinski definition) is 4. The van der Waals surface area contributed by atoms with E-state index in [1.165, 1.54) is 0 Å². The average molecular weight is 503 g/mol. The van der Waals surface area contributed by atoms with Crippen LogP contribution in [-0.4, -0.2) is 64.2 Å². The third-order valence-electron chi connectivity index (χ3n) is 6.86. The SMILES string of the molecule is Cc1cccc(NC(=O)CN2CCN(C(=O)Nc3cc(C(C)(C)C)nn3Cc3ccccc3)CC2)c1C. The van der Waals surface area contributed by atoms with Crippen molar-refractivity contribution in [1.29, 1.82) is 0 Å². The van der Waals surface area contributed by atoms with Crippen LogP contribution in [0.3, 0.4) is 0 Å². The predicted octanol–water partition coefficient (Wildman–Crippen LogP) is 4.63. The quantitative estimate of drug-likeness (QED) is 0.515. The summed E-state index contributed by atoms with van der Waals surface area (Å²) in [6.45, 7) is 13.7. The van der Waals surface area contributed by atoms with E-state index in [2.05, 4.69) is 48.4 Å². The molecular weight excluding hydrogens is 464 g/mol. The lowest BCUT2D eigenvalue weighted by Crippen LogP contribution is -2.51. The fourth-order valence-electron chi connectivity index (χ4n) is 4.34. The molecule has 1 fully saturated rings. The van der Waals surface area contributed by atoms with Crippen molar-refractivity contribution in [3.05, 3.63) is 77.0 Å². The Bertz CT molecular complexity index is 1240. The van der Waals surface area contributed by atoms with Crippen LogP contribution in [0.15, 0.2) is 54.6 Å². The highest BCUT2D eigenvalue weighted by Gasteiger charge is 2.25. The van der Waals surface area contributed by atoms with Gasteiger partial charge in [0.2, 0.25) is 5.91 Å². The van der Waals surface area contributed by atoms with E-state index >= 15 is 0 Å². The molecule has 1 aliphatic heterocycles. The number of aryl methyl sites for hydroxylation is 1. The highest BCUT2D eigenvalue weighted by molar-refractivity contribution is 5.93. The molecule has 3 aromatic rings. The Balaban J connectivity index is 1.34. The minimum atomic E-state index is -0.144. The van der Waals surface area contributed by atoms with Gasteiger partial charge in [-0.05, 0) is 36.6 Å². The number of piperazine rings is 1. The number of carbonyl (C=O) groups is 2. The number of rotatable bonds is 6. The molecule has 2 aromatic carbocycles. The van der Waals surface area contributed by atoms with Crippen LogP contribution in [-0.2, 0) is 16.8 Å². The fourth-order valence-corrected chi connectivity index (χ4v) is 4.34. The Hall–Kier alpha value is -3.65. The summed E-state index contributed by atoms with van der Waals surface area (Å²) >= 11 is 0. The van der Waals surface area contributed by atoms with Crippen LogP contribution in [0.2, 0.25) is 0 Å². The molecule has 8 heteroatoms. The Morgan fingerprint density at radius 1 is 0.919 bits per heavy atom. The molecular formula is C29H38N6O2. The van der Waals surface area contributed by atoms with Crippen LogP contribution in [0.1, 0.15) is 43.2 Å². The highest BCUT2D eigenvalue weighted by atomic mass is 16.2. The zero-order chi connectivity index (χ0) is 26.6. The van der Waals surface area contributed by atoms with E-state index in [1.54, 1.807) is 4.90 Å². The van der Waals surface area contributed by atoms with Crippen molar-refractivity contribution in [3.63, 3.8) is 0 Å². The van der Waals surface area contributed by atoms with Gasteiger partial charge in [-0.1, -0.05) is 63.2 Å². The van der Waals surface area contributed by atoms with E-state index in [9.17, 15) is 9.59 Å². The van der Waals surface area contributed by atoms with E-state index in [0.29, 0.717) is 45.1 Å². The molecule has 1 aromatic heterocycles. The van der Waals surface area contributed by atoms with E-state index in [0.717, 1.165) is 28.1 Å². The summed E-state index contributed by atoms with van der Waals surface area (Å²) in [5.74, 6) is 0.653. The molecule has 2 N–H and O–H groups in total. The normalized spacial score (nSPS) is 14.5. The molecule has 0 aliphatic carbocycles. The van der Waals surface area contributed by atoms with Crippen molar-refractivity contribution in [2.24, 2.45) is 0 Å². The minimum absolute atomic E-state index is 0.0360. The van der Waals surface area contributed by atoms with Crippen molar-refractivity contribution in [2.75, 3.05) is 43.4 Å². The molecule has 0 atom stereocenters. The molecule has 0 spiro atoms. The summed E-state index contributed by atoms with van der Waals surface area (Å²) in [7, 11) is 0. The van der Waals surface area contributed by atoms with E-state index in [-0.39, 0.29) is 17.4 Å². The van der Waals surface area contributed by atoms with E-state index in [1.807, 2.05) is 61.0 Å². The number of benzene rings is 2. The Kier molecular flexibility index (Phi) is 7.97. The van der Waals surface area contributed by atoms with Gasteiger partial charge in [0.25, 0.3) is 0 Å². The molecule has 1 aliphatic rings. The van der Waals surface area contributed by atoms with Crippen molar-refractivity contribution in [3.8, 4) is 0 Å². The first-order chi connectivity index (χ1) is 17.6. The summed E-state index contributed by atoms with van der Waals surface area (Å²) in [5, 5.41) is 10.9. The number of nitrogens with zero attached hydrogens (tertiary/aromatic N) is 4. The first-order valence-electron chi connectivity index (χ1n) is 12.9. The lowest BCUT2D eigenvalue weighted by atomic mass is 9.92. The molecule has 1 saturated heterocycles. The molecule has 0 saturated carbocycles. The molecule has 4 rings (SSSR count). The predicted molar refractivity (Wildman–Crippen MR) is 148 cm³/mol. The Morgan fingerprint density at radius 2 is 1.62 bits per heavy atom. The van der Waals surface area contributed by atoms with Gasteiger partial charge in [0, 0.05) is 43.3 Å². The molecule has 37 heavy (non-hydrogen) atoms. The maximum Gasteiger partial charge on any atom is 0.323 e. The monoisotopic (exact) mass is 502 g/mol. The molecule has 3 amide bonds. The van der Waals surface area contributed by atoms with Gasteiger partial charge in [-0.15, -0.1) is 0 Å². The van der Waals surface area contributed by atoms with Crippen molar-refractivity contribution >= 4 is 23.4 Å². The third kappa shape index (κ3) is 6.77. The summed E-state index contributed by atoms with van der Waals surface area (Å²) < 4.78 is 1.86. The maximum absolute atomic E-state index is 13.1. The first-order valence-corrected chi connectivity index (χ1v) is 12.9. The second-order valence-electron chi connectivity index (χ2n) is 10.8. The van der Waals surface area contributed by atoms with Crippen molar-refractivity contribution < 1.29 is 9.59 Å². The molecule has 0 radical (unpaired) electrons. The molecule has 196 valence electrons. The van der Waals surface area contributed by atoms with Crippen LogP contribution in [0, 0.1) is 13.8 Å². The Labute approximate surface area is 219 Å². The standard InChI is InChI=1S/C29H38N6O2/c1-21-10-9-13-24(22(21)2)30-27(36)20-33-14-16-34(17-15-33)28(37)31-26-18-25(29(3,4)5)32-35(26)19-23-11-7-6-8-12-23/h6-13,18H,14-17,19-20H2,1-5H3,(H,30,36)(H,31,37). The minimum Gasteiger partial charge on any atom is -0.325 e. The number of nitrogens with one attached hydrogen (secondary N) is 2. The third-order valence-corrected chi connectivity index (χ3v) is 6.86. The van der Waals surface area contributed by atoms with Crippen molar-refractivity contribution in [1.82, 2.24) is 19.6 Å². The summed E-state index contributed by atoms with van der Waals surface area (Å²) in [6.07, 6.45) is 0. The largest absolute Gasteiger partial charge is 0.325 e. The van der Waals surface area contributed by atoms with Gasteiger partial charge in [0.05, 0.1) is 18.8 Å². The highest BCUT2D eigenvalue weighted by Crippen LogP contribution is 2.25. The van der Waals surface area contributed by atoms with Crippen molar-refractivity contribution in [2.45, 2.75) is 46.6 Å². The van der Waals surface area contributed by atoms with E-state index < -0.39 is 0 Å². The van der Waals surface area contributed by atoms with Crippen LogP contribution in [0.5, 0.6) is 0 Å². The molecule has 0 bridgehead atoms. The molecule has 8 nitrogen and oxygen atoms in total. The lowest BCUT2D eigenvalue weighted by Gasteiger charge is -2.34. The smallest absolute Gasteiger partial charge is 0.323 e. The second-order valence-corrected chi connectivity index (χ2v) is 10.8. The number of amides is 3. The molecule has 0 unspecified atom stereocenters. The zero-order valence-corrected chi connectivity index (χ0v) is 22.5. The number of hydrogen-bond donors (Lipinski definition) is 2. The van der Waals surface area contributed by atoms with E-state index in [4.69, 9.17) is 5.10 Å². The summed E-state index contributed by atoms with van der Waals surface area (Å²) in [5.41, 5.74) is 5.00. The summed E-state index contributed by atoms with van der Waals surface area (Å²) in [6, 6.07) is 17.8. The van der Waals surface area contributed by atoms with Crippen LogP contribution < -0.4 is 10.6 Å². The number of aromatic nitrogens is 2. The summed E-state index contributed by atoms with van der Waals surface area (Å²) in [4.78, 5) is 29.6. The second kappa shape index (κ2) is 11.2. The maximum atomic E-state index is 13.1. The zero-order valence-electron chi connectivity index (χ0n) is 22.5. The first kappa shape index (κ1) is 26.4. The van der Waals surface area contributed by atoms with Gasteiger partial charge in [-0.25, -0.2) is 9.48 Å². The van der Waals surface area contributed by atoms with Gasteiger partial charge < -0.3 is 10.2 Å². The topological polar surface area (TPSA) is 82.5 Å². The number of anilines is 2. The fraction of sp³-hybridized carbons (Fsp3) is 0.414. The van der Waals surface area contributed by atoms with Gasteiger partial charge in [-0.3, -0.25) is 15.0 Å².